The van der Waals surface area contributed by atoms with Crippen LogP contribution in [0.2, 0.25) is 0 Å². The SMILES string of the molecule is Cn1c2ccccc2c2cc3c(cc21)B1c2cccc4c2N(c2cccc(c21)S3)C1(C)CCCCCC41C. The van der Waals surface area contributed by atoms with Gasteiger partial charge >= 0.3 is 0 Å². The van der Waals surface area contributed by atoms with Gasteiger partial charge in [-0.1, -0.05) is 85.9 Å². The van der Waals surface area contributed by atoms with E-state index >= 15 is 0 Å². The molecule has 2 atom stereocenters. The Morgan fingerprint density at radius 3 is 2.53 bits per heavy atom. The number of aromatic nitrogens is 1. The first-order valence-corrected chi connectivity index (χ1v) is 15.1. The Bertz CT molecular complexity index is 1850. The van der Waals surface area contributed by atoms with Gasteiger partial charge in [-0.15, -0.1) is 0 Å². The minimum absolute atomic E-state index is 0.104. The van der Waals surface area contributed by atoms with Crippen molar-refractivity contribution in [1.82, 2.24) is 4.57 Å². The highest BCUT2D eigenvalue weighted by Crippen LogP contribution is 2.60. The number of aryl methyl sites for hydroxylation is 1. The molecule has 38 heavy (non-hydrogen) atoms. The Morgan fingerprint density at radius 2 is 1.61 bits per heavy atom. The van der Waals surface area contributed by atoms with Crippen molar-refractivity contribution in [1.29, 1.82) is 0 Å². The van der Waals surface area contributed by atoms with E-state index in [0.29, 0.717) is 0 Å². The Kier molecular flexibility index (Phi) is 4.07. The Balaban J connectivity index is 1.38. The first-order valence-electron chi connectivity index (χ1n) is 14.3. The first kappa shape index (κ1) is 21.8. The molecule has 0 bridgehead atoms. The maximum atomic E-state index is 2.82. The van der Waals surface area contributed by atoms with Gasteiger partial charge in [-0.05, 0) is 66.6 Å². The number of para-hydroxylation sites is 2. The van der Waals surface area contributed by atoms with Gasteiger partial charge in [-0.25, -0.2) is 0 Å². The molecule has 186 valence electrons. The van der Waals surface area contributed by atoms with Crippen LogP contribution in [-0.4, -0.2) is 16.8 Å². The Hall–Kier alpha value is -3.11. The van der Waals surface area contributed by atoms with Crippen molar-refractivity contribution >= 4 is 68.0 Å². The lowest BCUT2D eigenvalue weighted by Crippen LogP contribution is -2.63. The molecule has 1 aromatic heterocycles. The van der Waals surface area contributed by atoms with Crippen LogP contribution in [0, 0.1) is 0 Å². The first-order chi connectivity index (χ1) is 18.5. The van der Waals surface area contributed by atoms with Crippen molar-refractivity contribution in [3.8, 4) is 0 Å². The number of hydrogen-bond acceptors (Lipinski definition) is 2. The Labute approximate surface area is 229 Å². The molecule has 5 aromatic rings. The Morgan fingerprint density at radius 1 is 0.763 bits per heavy atom. The lowest BCUT2D eigenvalue weighted by molar-refractivity contribution is 0.261. The van der Waals surface area contributed by atoms with E-state index in [1.807, 2.05) is 11.8 Å². The zero-order valence-electron chi connectivity index (χ0n) is 22.3. The van der Waals surface area contributed by atoms with Crippen LogP contribution in [0.3, 0.4) is 0 Å². The standard InChI is InChI=1S/C34H31BN2S/c1-33-17-7-4-8-18-34(33,2)37-27-15-10-16-29-31(27)35(24-13-9-12-23(33)32(24)37)25-20-28-22(19-30(25)38-29)21-11-5-6-14-26(21)36(28)3/h5-6,9-16,19-20H,4,7-8,17-18H2,1-3H3. The zero-order valence-corrected chi connectivity index (χ0v) is 23.2. The van der Waals surface area contributed by atoms with Gasteiger partial charge < -0.3 is 9.47 Å². The van der Waals surface area contributed by atoms with Crippen molar-refractivity contribution in [2.75, 3.05) is 4.90 Å². The number of benzene rings is 4. The van der Waals surface area contributed by atoms with Gasteiger partial charge in [0.25, 0.3) is 0 Å². The third kappa shape index (κ3) is 2.37. The summed E-state index contributed by atoms with van der Waals surface area (Å²) < 4.78 is 2.39. The van der Waals surface area contributed by atoms with Crippen LogP contribution >= 0.6 is 11.8 Å². The van der Waals surface area contributed by atoms with E-state index in [2.05, 4.69) is 103 Å². The highest BCUT2D eigenvalue weighted by Gasteiger charge is 2.60. The van der Waals surface area contributed by atoms with Gasteiger partial charge in [0.2, 0.25) is 6.71 Å². The molecule has 4 aliphatic rings. The summed E-state index contributed by atoms with van der Waals surface area (Å²) in [5.74, 6) is 0. The van der Waals surface area contributed by atoms with Crippen LogP contribution in [0.5, 0.6) is 0 Å². The van der Waals surface area contributed by atoms with Gasteiger partial charge in [-0.2, -0.15) is 0 Å². The molecule has 1 fully saturated rings. The summed E-state index contributed by atoms with van der Waals surface area (Å²) in [6.45, 7) is 5.43. The second-order valence-corrected chi connectivity index (χ2v) is 13.5. The van der Waals surface area contributed by atoms with Crippen molar-refractivity contribution in [3.05, 3.63) is 78.4 Å². The summed E-state index contributed by atoms with van der Waals surface area (Å²) in [7, 11) is 2.23. The van der Waals surface area contributed by atoms with Crippen molar-refractivity contribution in [2.45, 2.75) is 66.7 Å². The van der Waals surface area contributed by atoms with E-state index in [-0.39, 0.29) is 17.7 Å². The molecule has 9 rings (SSSR count). The van der Waals surface area contributed by atoms with E-state index in [9.17, 15) is 0 Å². The molecular formula is C34H31BN2S. The predicted molar refractivity (Wildman–Crippen MR) is 163 cm³/mol. The fraction of sp³-hybridized carbons (Fsp3) is 0.294. The second kappa shape index (κ2) is 7.10. The molecule has 0 radical (unpaired) electrons. The average molecular weight is 511 g/mol. The van der Waals surface area contributed by atoms with E-state index in [1.54, 1.807) is 5.56 Å². The molecule has 2 nitrogen and oxygen atoms in total. The second-order valence-electron chi connectivity index (χ2n) is 12.5. The van der Waals surface area contributed by atoms with Crippen molar-refractivity contribution < 1.29 is 0 Å². The van der Waals surface area contributed by atoms with Crippen LogP contribution in [0.4, 0.5) is 11.4 Å². The lowest BCUT2D eigenvalue weighted by atomic mass is 9.34. The number of rotatable bonds is 0. The lowest BCUT2D eigenvalue weighted by Gasteiger charge is -2.49. The highest BCUT2D eigenvalue weighted by molar-refractivity contribution is 8.00. The summed E-state index contributed by atoms with van der Waals surface area (Å²) in [5, 5.41) is 2.72. The minimum atomic E-state index is 0.104. The van der Waals surface area contributed by atoms with Crippen LogP contribution in [0.1, 0.15) is 51.5 Å². The average Bonchev–Trinajstić information content (AvgIpc) is 3.24. The smallest absolute Gasteiger partial charge is 0.249 e. The molecule has 0 N–H and O–H groups in total. The number of fused-ring (bicyclic) bond motifs is 10. The fourth-order valence-corrected chi connectivity index (χ4v) is 9.98. The van der Waals surface area contributed by atoms with E-state index in [0.717, 1.165) is 0 Å². The number of nitrogens with zero attached hydrogens (tertiary/aromatic N) is 2. The summed E-state index contributed by atoms with van der Waals surface area (Å²) >= 11 is 1.98. The maximum Gasteiger partial charge on any atom is 0.249 e. The largest absolute Gasteiger partial charge is 0.344 e. The topological polar surface area (TPSA) is 8.17 Å². The fourth-order valence-electron chi connectivity index (χ4n) is 8.79. The highest BCUT2D eigenvalue weighted by atomic mass is 32.2. The van der Waals surface area contributed by atoms with Crippen LogP contribution in [0.15, 0.2) is 82.6 Å². The molecular weight excluding hydrogens is 479 g/mol. The van der Waals surface area contributed by atoms with E-state index in [1.165, 1.54) is 91.5 Å². The molecule has 2 unspecified atom stereocenters. The van der Waals surface area contributed by atoms with Crippen LogP contribution in [-0.2, 0) is 12.5 Å². The third-order valence-electron chi connectivity index (χ3n) is 10.9. The van der Waals surface area contributed by atoms with Crippen molar-refractivity contribution in [2.24, 2.45) is 7.05 Å². The monoisotopic (exact) mass is 510 g/mol. The summed E-state index contributed by atoms with van der Waals surface area (Å²) in [5.41, 5.74) is 12.0. The quantitative estimate of drug-likeness (QED) is 0.209. The van der Waals surface area contributed by atoms with E-state index in [4.69, 9.17) is 0 Å². The molecule has 1 saturated carbocycles. The van der Waals surface area contributed by atoms with Gasteiger partial charge in [0.05, 0.1) is 5.54 Å². The van der Waals surface area contributed by atoms with Gasteiger partial charge in [0.1, 0.15) is 0 Å². The normalized spacial score (nSPS) is 24.7. The molecule has 4 aromatic carbocycles. The number of hydrogen-bond donors (Lipinski definition) is 0. The van der Waals surface area contributed by atoms with Crippen molar-refractivity contribution in [3.63, 3.8) is 0 Å². The molecule has 0 saturated heterocycles. The molecule has 1 aliphatic carbocycles. The summed E-state index contributed by atoms with van der Waals surface area (Å²) in [4.78, 5) is 5.67. The van der Waals surface area contributed by atoms with Crippen LogP contribution in [0.25, 0.3) is 21.8 Å². The zero-order chi connectivity index (χ0) is 25.4. The van der Waals surface area contributed by atoms with Gasteiger partial charge in [0, 0.05) is 55.4 Å². The van der Waals surface area contributed by atoms with E-state index < -0.39 is 0 Å². The minimum Gasteiger partial charge on any atom is -0.344 e. The molecule has 0 amide bonds. The van der Waals surface area contributed by atoms with Gasteiger partial charge in [-0.3, -0.25) is 0 Å². The molecule has 4 heteroatoms. The molecule has 4 heterocycles. The van der Waals surface area contributed by atoms with Gasteiger partial charge in [0.15, 0.2) is 0 Å². The maximum absolute atomic E-state index is 2.82. The molecule has 0 spiro atoms. The van der Waals surface area contributed by atoms with Crippen LogP contribution < -0.4 is 21.3 Å². The molecule has 3 aliphatic heterocycles. The predicted octanol–water partition coefficient (Wildman–Crippen LogP) is 6.76. The number of anilines is 2. The summed E-state index contributed by atoms with van der Waals surface area (Å²) in [6, 6.07) is 28.2. The summed E-state index contributed by atoms with van der Waals surface area (Å²) in [6.07, 6.45) is 6.54. The third-order valence-corrected chi connectivity index (χ3v) is 12.0.